The number of nitrogens with one attached hydrogen (secondary N) is 2. The number of benzene rings is 1. The predicted octanol–water partition coefficient (Wildman–Crippen LogP) is 2.23. The number of carbonyl (C=O) groups excluding carboxylic acids is 1. The van der Waals surface area contributed by atoms with Gasteiger partial charge < -0.3 is 10.6 Å². The molecule has 0 saturated heterocycles. The number of rotatable bonds is 5. The molecule has 0 atom stereocenters. The molecule has 0 unspecified atom stereocenters. The van der Waals surface area contributed by atoms with Crippen LogP contribution < -0.4 is 10.6 Å². The third-order valence-corrected chi connectivity index (χ3v) is 3.29. The van der Waals surface area contributed by atoms with Crippen molar-refractivity contribution in [3.05, 3.63) is 24.3 Å². The summed E-state index contributed by atoms with van der Waals surface area (Å²) in [5.74, 6) is 0.0705. The largest absolute Gasteiger partial charge is 0.361 e. The van der Waals surface area contributed by atoms with Crippen molar-refractivity contribution in [2.45, 2.75) is 13.3 Å². The van der Waals surface area contributed by atoms with E-state index in [9.17, 15) is 4.79 Å². The lowest BCUT2D eigenvalue weighted by Crippen LogP contribution is -2.24. The molecule has 0 spiro atoms. The topological polar surface area (TPSA) is 54.0 Å². The second-order valence-electron chi connectivity index (χ2n) is 3.62. The van der Waals surface area contributed by atoms with Crippen molar-refractivity contribution in [2.75, 3.05) is 18.4 Å². The fourth-order valence-corrected chi connectivity index (χ4v) is 2.41. The second-order valence-corrected chi connectivity index (χ2v) is 4.65. The van der Waals surface area contributed by atoms with E-state index >= 15 is 0 Å². The standard InChI is InChI=1S/C12H15N3OS/c1-2-13-11(16)7-8-14-12-15-9-5-3-4-6-10(9)17-12/h3-6H,2,7-8H2,1H3,(H,13,16)(H,14,15). The number of hydrogen-bond donors (Lipinski definition) is 2. The summed E-state index contributed by atoms with van der Waals surface area (Å²) in [4.78, 5) is 15.7. The van der Waals surface area contributed by atoms with Crippen molar-refractivity contribution < 1.29 is 4.79 Å². The highest BCUT2D eigenvalue weighted by atomic mass is 32.1. The molecule has 0 radical (unpaired) electrons. The summed E-state index contributed by atoms with van der Waals surface area (Å²) < 4.78 is 1.16. The summed E-state index contributed by atoms with van der Waals surface area (Å²) in [6.45, 7) is 3.21. The first-order chi connectivity index (χ1) is 8.29. The van der Waals surface area contributed by atoms with Gasteiger partial charge in [-0.2, -0.15) is 0 Å². The Morgan fingerprint density at radius 3 is 3.00 bits per heavy atom. The smallest absolute Gasteiger partial charge is 0.221 e. The van der Waals surface area contributed by atoms with Gasteiger partial charge in [-0.15, -0.1) is 0 Å². The van der Waals surface area contributed by atoms with E-state index in [2.05, 4.69) is 15.6 Å². The number of aromatic nitrogens is 1. The molecule has 90 valence electrons. The summed E-state index contributed by atoms with van der Waals surface area (Å²) in [6.07, 6.45) is 0.476. The molecule has 2 aromatic rings. The number of hydrogen-bond acceptors (Lipinski definition) is 4. The molecule has 2 N–H and O–H groups in total. The molecule has 1 aromatic heterocycles. The van der Waals surface area contributed by atoms with Gasteiger partial charge in [-0.05, 0) is 19.1 Å². The first-order valence-electron chi connectivity index (χ1n) is 5.65. The molecular weight excluding hydrogens is 234 g/mol. The number of nitrogens with zero attached hydrogens (tertiary/aromatic N) is 1. The first-order valence-corrected chi connectivity index (χ1v) is 6.47. The molecule has 5 heteroatoms. The predicted molar refractivity (Wildman–Crippen MR) is 71.4 cm³/mol. The van der Waals surface area contributed by atoms with Crippen LogP contribution in [0.2, 0.25) is 0 Å². The zero-order valence-corrected chi connectivity index (χ0v) is 10.5. The number of anilines is 1. The molecule has 0 aliphatic heterocycles. The molecule has 0 saturated carbocycles. The Balaban J connectivity index is 1.89. The van der Waals surface area contributed by atoms with Gasteiger partial charge in [0.25, 0.3) is 0 Å². The summed E-state index contributed by atoms with van der Waals surface area (Å²) in [7, 11) is 0. The van der Waals surface area contributed by atoms with Crippen molar-refractivity contribution in [3.63, 3.8) is 0 Å². The van der Waals surface area contributed by atoms with Crippen LogP contribution in [0.5, 0.6) is 0 Å². The minimum Gasteiger partial charge on any atom is -0.361 e. The van der Waals surface area contributed by atoms with Gasteiger partial charge in [-0.1, -0.05) is 23.5 Å². The van der Waals surface area contributed by atoms with Gasteiger partial charge in [0.2, 0.25) is 5.91 Å². The molecule has 0 fully saturated rings. The maximum Gasteiger partial charge on any atom is 0.221 e. The van der Waals surface area contributed by atoms with Crippen LogP contribution in [0.4, 0.5) is 5.13 Å². The van der Waals surface area contributed by atoms with Crippen molar-refractivity contribution >= 4 is 32.6 Å². The van der Waals surface area contributed by atoms with E-state index < -0.39 is 0 Å². The Morgan fingerprint density at radius 2 is 2.24 bits per heavy atom. The molecule has 1 heterocycles. The number of thiazole rings is 1. The molecule has 0 bridgehead atoms. The number of amides is 1. The first kappa shape index (κ1) is 11.9. The van der Waals surface area contributed by atoms with Crippen LogP contribution >= 0.6 is 11.3 Å². The second kappa shape index (κ2) is 5.63. The minimum atomic E-state index is 0.0705. The highest BCUT2D eigenvalue weighted by molar-refractivity contribution is 7.22. The van der Waals surface area contributed by atoms with Gasteiger partial charge in [0.1, 0.15) is 0 Å². The molecular formula is C12H15N3OS. The fraction of sp³-hybridized carbons (Fsp3) is 0.333. The van der Waals surface area contributed by atoms with Gasteiger partial charge in [0.05, 0.1) is 10.2 Å². The molecule has 1 amide bonds. The molecule has 17 heavy (non-hydrogen) atoms. The van der Waals surface area contributed by atoms with E-state index in [0.29, 0.717) is 19.5 Å². The Kier molecular flexibility index (Phi) is 3.93. The van der Waals surface area contributed by atoms with E-state index in [1.807, 2.05) is 31.2 Å². The molecule has 0 aliphatic rings. The number of fused-ring (bicyclic) bond motifs is 1. The third-order valence-electron chi connectivity index (χ3n) is 2.30. The number of carbonyl (C=O) groups is 1. The van der Waals surface area contributed by atoms with Crippen molar-refractivity contribution in [3.8, 4) is 0 Å². The van der Waals surface area contributed by atoms with Crippen LogP contribution in [0.1, 0.15) is 13.3 Å². The van der Waals surface area contributed by atoms with Crippen LogP contribution in [0.15, 0.2) is 24.3 Å². The van der Waals surface area contributed by atoms with E-state index in [-0.39, 0.29) is 5.91 Å². The van der Waals surface area contributed by atoms with Gasteiger partial charge >= 0.3 is 0 Å². The Labute approximate surface area is 104 Å². The molecule has 0 aliphatic carbocycles. The van der Waals surface area contributed by atoms with Crippen molar-refractivity contribution in [1.82, 2.24) is 10.3 Å². The van der Waals surface area contributed by atoms with Crippen LogP contribution in [0.3, 0.4) is 0 Å². The Morgan fingerprint density at radius 1 is 1.41 bits per heavy atom. The third kappa shape index (κ3) is 3.17. The van der Waals surface area contributed by atoms with Crippen LogP contribution in [0.25, 0.3) is 10.2 Å². The quantitative estimate of drug-likeness (QED) is 0.854. The fourth-order valence-electron chi connectivity index (χ4n) is 1.52. The molecule has 4 nitrogen and oxygen atoms in total. The van der Waals surface area contributed by atoms with Crippen LogP contribution in [0, 0.1) is 0 Å². The van der Waals surface area contributed by atoms with Crippen LogP contribution in [-0.2, 0) is 4.79 Å². The summed E-state index contributed by atoms with van der Waals surface area (Å²) in [5, 5.41) is 6.80. The van der Waals surface area contributed by atoms with E-state index in [1.165, 1.54) is 0 Å². The van der Waals surface area contributed by atoms with Crippen molar-refractivity contribution in [1.29, 1.82) is 0 Å². The zero-order valence-electron chi connectivity index (χ0n) is 9.69. The van der Waals surface area contributed by atoms with Gasteiger partial charge in [0.15, 0.2) is 5.13 Å². The lowest BCUT2D eigenvalue weighted by atomic mass is 10.3. The highest BCUT2D eigenvalue weighted by Crippen LogP contribution is 2.25. The highest BCUT2D eigenvalue weighted by Gasteiger charge is 2.03. The number of para-hydroxylation sites is 1. The van der Waals surface area contributed by atoms with E-state index in [1.54, 1.807) is 11.3 Å². The van der Waals surface area contributed by atoms with Gasteiger partial charge in [-0.25, -0.2) is 4.98 Å². The average molecular weight is 249 g/mol. The summed E-state index contributed by atoms with van der Waals surface area (Å²) in [6, 6.07) is 8.00. The Bertz CT molecular complexity index is 476. The van der Waals surface area contributed by atoms with Gasteiger partial charge in [-0.3, -0.25) is 4.79 Å². The zero-order chi connectivity index (χ0) is 12.1. The monoisotopic (exact) mass is 249 g/mol. The Hall–Kier alpha value is -1.62. The molecule has 1 aromatic carbocycles. The lowest BCUT2D eigenvalue weighted by Gasteiger charge is -2.02. The van der Waals surface area contributed by atoms with E-state index in [4.69, 9.17) is 0 Å². The van der Waals surface area contributed by atoms with Gasteiger partial charge in [0, 0.05) is 19.5 Å². The molecule has 2 rings (SSSR count). The minimum absolute atomic E-state index is 0.0705. The maximum absolute atomic E-state index is 11.2. The lowest BCUT2D eigenvalue weighted by molar-refractivity contribution is -0.120. The normalized spacial score (nSPS) is 10.4. The van der Waals surface area contributed by atoms with Crippen molar-refractivity contribution in [2.24, 2.45) is 0 Å². The summed E-state index contributed by atoms with van der Waals surface area (Å²) >= 11 is 1.61. The SMILES string of the molecule is CCNC(=O)CCNc1nc2ccccc2s1. The van der Waals surface area contributed by atoms with Crippen LogP contribution in [-0.4, -0.2) is 24.0 Å². The average Bonchev–Trinajstić information content (AvgIpc) is 2.71. The summed E-state index contributed by atoms with van der Waals surface area (Å²) in [5.41, 5.74) is 0.998. The van der Waals surface area contributed by atoms with E-state index in [0.717, 1.165) is 15.3 Å². The maximum atomic E-state index is 11.2.